The third-order valence-electron chi connectivity index (χ3n) is 2.91. The molecule has 0 amide bonds. The van der Waals surface area contributed by atoms with Crippen LogP contribution in [0.1, 0.15) is 22.7 Å². The lowest BCUT2D eigenvalue weighted by Gasteiger charge is -2.19. The van der Waals surface area contributed by atoms with Crippen LogP contribution in [0.5, 0.6) is 0 Å². The van der Waals surface area contributed by atoms with Gasteiger partial charge in [-0.25, -0.2) is 14.2 Å². The Morgan fingerprint density at radius 1 is 1.11 bits per heavy atom. The summed E-state index contributed by atoms with van der Waals surface area (Å²) in [5, 5.41) is 0. The maximum atomic E-state index is 13.8. The van der Waals surface area contributed by atoms with E-state index in [1.165, 1.54) is 12.1 Å². The number of aryl methyl sites for hydroxylation is 1. The first-order valence-corrected chi connectivity index (χ1v) is 6.49. The van der Waals surface area contributed by atoms with E-state index >= 15 is 0 Å². The Balaban J connectivity index is 2.50. The molecule has 2 nitrogen and oxygen atoms in total. The molecule has 0 radical (unpaired) electrons. The second kappa shape index (κ2) is 5.77. The third kappa shape index (κ3) is 3.00. The number of halogens is 3. The highest BCUT2D eigenvalue weighted by atomic mass is 79.9. The minimum atomic E-state index is -0.629. The molecule has 0 fully saturated rings. The summed E-state index contributed by atoms with van der Waals surface area (Å²) in [6.07, 6.45) is 0. The standard InChI is InChI=1S/C14H13BrF2N2/c1-8-2-4-10(12(15)6-8)14(19-18)11-5-3-9(16)7-13(11)17/h2-7,14,19H,18H2,1H3. The van der Waals surface area contributed by atoms with Crippen molar-refractivity contribution in [1.82, 2.24) is 5.43 Å². The van der Waals surface area contributed by atoms with Crippen LogP contribution in [0, 0.1) is 18.6 Å². The quantitative estimate of drug-likeness (QED) is 0.668. The van der Waals surface area contributed by atoms with Gasteiger partial charge in [0, 0.05) is 16.1 Å². The van der Waals surface area contributed by atoms with E-state index in [-0.39, 0.29) is 0 Å². The van der Waals surface area contributed by atoms with Crippen molar-refractivity contribution < 1.29 is 8.78 Å². The first-order valence-electron chi connectivity index (χ1n) is 5.70. The van der Waals surface area contributed by atoms with E-state index in [0.29, 0.717) is 5.56 Å². The lowest BCUT2D eigenvalue weighted by atomic mass is 9.98. The van der Waals surface area contributed by atoms with Crippen LogP contribution in [-0.4, -0.2) is 0 Å². The molecule has 0 bridgehead atoms. The van der Waals surface area contributed by atoms with Gasteiger partial charge in [-0.1, -0.05) is 34.1 Å². The minimum absolute atomic E-state index is 0.299. The van der Waals surface area contributed by atoms with Crippen LogP contribution in [-0.2, 0) is 0 Å². The van der Waals surface area contributed by atoms with E-state index in [1.807, 2.05) is 25.1 Å². The second-order valence-corrected chi connectivity index (χ2v) is 5.14. The number of hydrogen-bond donors (Lipinski definition) is 2. The van der Waals surface area contributed by atoms with Crippen molar-refractivity contribution in [3.63, 3.8) is 0 Å². The second-order valence-electron chi connectivity index (χ2n) is 4.29. The van der Waals surface area contributed by atoms with Gasteiger partial charge >= 0.3 is 0 Å². The number of nitrogens with one attached hydrogen (secondary N) is 1. The van der Waals surface area contributed by atoms with E-state index in [4.69, 9.17) is 5.84 Å². The molecule has 3 N–H and O–H groups in total. The highest BCUT2D eigenvalue weighted by Gasteiger charge is 2.19. The summed E-state index contributed by atoms with van der Waals surface area (Å²) in [5.41, 5.74) is 4.73. The molecular formula is C14H13BrF2N2. The van der Waals surface area contributed by atoms with Gasteiger partial charge in [-0.15, -0.1) is 0 Å². The van der Waals surface area contributed by atoms with Crippen LogP contribution < -0.4 is 11.3 Å². The summed E-state index contributed by atoms with van der Waals surface area (Å²) in [4.78, 5) is 0. The fraction of sp³-hybridized carbons (Fsp3) is 0.143. The summed E-state index contributed by atoms with van der Waals surface area (Å²) >= 11 is 3.43. The molecule has 2 aromatic carbocycles. The molecular weight excluding hydrogens is 314 g/mol. The van der Waals surface area contributed by atoms with Crippen molar-refractivity contribution in [1.29, 1.82) is 0 Å². The fourth-order valence-electron chi connectivity index (χ4n) is 1.95. The molecule has 2 rings (SSSR count). The lowest BCUT2D eigenvalue weighted by Crippen LogP contribution is -2.29. The van der Waals surface area contributed by atoms with Gasteiger partial charge in [-0.2, -0.15) is 0 Å². The van der Waals surface area contributed by atoms with E-state index in [2.05, 4.69) is 21.4 Å². The number of rotatable bonds is 3. The Hall–Kier alpha value is -1.30. The van der Waals surface area contributed by atoms with Gasteiger partial charge < -0.3 is 0 Å². The zero-order valence-corrected chi connectivity index (χ0v) is 11.8. The van der Waals surface area contributed by atoms with Crippen LogP contribution in [0.2, 0.25) is 0 Å². The average Bonchev–Trinajstić information content (AvgIpc) is 2.34. The monoisotopic (exact) mass is 326 g/mol. The summed E-state index contributed by atoms with van der Waals surface area (Å²) in [7, 11) is 0. The summed E-state index contributed by atoms with van der Waals surface area (Å²) < 4.78 is 27.6. The van der Waals surface area contributed by atoms with Crippen molar-refractivity contribution in [3.05, 3.63) is 69.2 Å². The summed E-state index contributed by atoms with van der Waals surface area (Å²) in [5.74, 6) is 4.28. The lowest BCUT2D eigenvalue weighted by molar-refractivity contribution is 0.541. The summed E-state index contributed by atoms with van der Waals surface area (Å²) in [6.45, 7) is 1.96. The molecule has 0 aliphatic rings. The number of benzene rings is 2. The van der Waals surface area contributed by atoms with Gasteiger partial charge in [0.15, 0.2) is 0 Å². The van der Waals surface area contributed by atoms with Crippen LogP contribution >= 0.6 is 15.9 Å². The minimum Gasteiger partial charge on any atom is -0.271 e. The molecule has 100 valence electrons. The smallest absolute Gasteiger partial charge is 0.131 e. The molecule has 0 aliphatic carbocycles. The molecule has 5 heteroatoms. The van der Waals surface area contributed by atoms with Crippen molar-refractivity contribution in [2.75, 3.05) is 0 Å². The van der Waals surface area contributed by atoms with Crippen LogP contribution in [0.15, 0.2) is 40.9 Å². The number of hydrogen-bond acceptors (Lipinski definition) is 2. The highest BCUT2D eigenvalue weighted by Crippen LogP contribution is 2.30. The van der Waals surface area contributed by atoms with Crippen LogP contribution in [0.25, 0.3) is 0 Å². The normalized spacial score (nSPS) is 12.5. The van der Waals surface area contributed by atoms with Gasteiger partial charge in [0.05, 0.1) is 6.04 Å². The predicted molar refractivity (Wildman–Crippen MR) is 74.4 cm³/mol. The van der Waals surface area contributed by atoms with Crippen LogP contribution in [0.4, 0.5) is 8.78 Å². The maximum Gasteiger partial charge on any atom is 0.131 e. The Labute approximate surface area is 118 Å². The molecule has 0 saturated carbocycles. The Kier molecular flexibility index (Phi) is 4.29. The molecule has 1 unspecified atom stereocenters. The van der Waals surface area contributed by atoms with Gasteiger partial charge in [-0.05, 0) is 30.2 Å². The predicted octanol–water partition coefficient (Wildman–Crippen LogP) is 3.59. The summed E-state index contributed by atoms with van der Waals surface area (Å²) in [6, 6.07) is 8.59. The first-order chi connectivity index (χ1) is 9.02. The Morgan fingerprint density at radius 2 is 1.79 bits per heavy atom. The first kappa shape index (κ1) is 14.1. The molecule has 0 spiro atoms. The number of hydrazine groups is 1. The van der Waals surface area contributed by atoms with Gasteiger partial charge in [0.2, 0.25) is 0 Å². The van der Waals surface area contributed by atoms with E-state index in [1.54, 1.807) is 0 Å². The van der Waals surface area contributed by atoms with Crippen molar-refractivity contribution in [2.45, 2.75) is 13.0 Å². The molecule has 2 aromatic rings. The van der Waals surface area contributed by atoms with Crippen LogP contribution in [0.3, 0.4) is 0 Å². The van der Waals surface area contributed by atoms with Gasteiger partial charge in [0.25, 0.3) is 0 Å². The fourth-order valence-corrected chi connectivity index (χ4v) is 2.67. The Morgan fingerprint density at radius 3 is 2.37 bits per heavy atom. The average molecular weight is 327 g/mol. The largest absolute Gasteiger partial charge is 0.271 e. The topological polar surface area (TPSA) is 38.0 Å². The molecule has 1 atom stereocenters. The molecule has 0 aliphatic heterocycles. The highest BCUT2D eigenvalue weighted by molar-refractivity contribution is 9.10. The van der Waals surface area contributed by atoms with E-state index in [0.717, 1.165) is 21.7 Å². The maximum absolute atomic E-state index is 13.8. The third-order valence-corrected chi connectivity index (χ3v) is 3.59. The van der Waals surface area contributed by atoms with E-state index < -0.39 is 17.7 Å². The van der Waals surface area contributed by atoms with Gasteiger partial charge in [0.1, 0.15) is 11.6 Å². The molecule has 0 aromatic heterocycles. The zero-order chi connectivity index (χ0) is 14.0. The molecule has 0 saturated heterocycles. The van der Waals surface area contributed by atoms with Crippen molar-refractivity contribution in [3.8, 4) is 0 Å². The van der Waals surface area contributed by atoms with E-state index in [9.17, 15) is 8.78 Å². The SMILES string of the molecule is Cc1ccc(C(NN)c2ccc(F)cc2F)c(Br)c1. The van der Waals surface area contributed by atoms with Gasteiger partial charge in [-0.3, -0.25) is 5.84 Å². The number of nitrogens with two attached hydrogens (primary N) is 1. The van der Waals surface area contributed by atoms with Crippen molar-refractivity contribution in [2.24, 2.45) is 5.84 Å². The molecule has 19 heavy (non-hydrogen) atoms. The molecule has 0 heterocycles. The van der Waals surface area contributed by atoms with Crippen molar-refractivity contribution >= 4 is 15.9 Å². The Bertz CT molecular complexity index is 550. The zero-order valence-electron chi connectivity index (χ0n) is 10.3.